The Morgan fingerprint density at radius 2 is 2.05 bits per heavy atom. The summed E-state index contributed by atoms with van der Waals surface area (Å²) in [6, 6.07) is 5.88. The molecule has 3 N–H and O–H groups in total. The number of fused-ring (bicyclic) bond motifs is 1. The first-order valence-corrected chi connectivity index (χ1v) is 6.45. The molecule has 0 aliphatic carbocycles. The number of nitrogen functional groups attached to an aromatic ring is 1. The van der Waals surface area contributed by atoms with Gasteiger partial charge in [0.25, 0.3) is 0 Å². The number of nitrogens with zero attached hydrogens (tertiary/aromatic N) is 3. The number of pyridine rings is 1. The van der Waals surface area contributed by atoms with Crippen LogP contribution in [0.5, 0.6) is 0 Å². The summed E-state index contributed by atoms with van der Waals surface area (Å²) in [7, 11) is 0. The quantitative estimate of drug-likeness (QED) is 0.852. The van der Waals surface area contributed by atoms with Gasteiger partial charge in [-0.2, -0.15) is 0 Å². The number of rotatable bonds is 6. The monoisotopic (exact) mass is 283 g/mol. The van der Waals surface area contributed by atoms with Crippen LogP contribution >= 0.6 is 12.4 Å². The van der Waals surface area contributed by atoms with Crippen molar-refractivity contribution in [2.24, 2.45) is 0 Å². The smallest absolute Gasteiger partial charge is 0.172 e. The fourth-order valence-corrected chi connectivity index (χ4v) is 2.02. The van der Waals surface area contributed by atoms with E-state index >= 15 is 0 Å². The topological polar surface area (TPSA) is 58.6 Å². The molecule has 19 heavy (non-hydrogen) atoms. The molecule has 0 amide bonds. The van der Waals surface area contributed by atoms with E-state index in [4.69, 9.17) is 5.73 Å². The zero-order valence-corrected chi connectivity index (χ0v) is 12.3. The van der Waals surface area contributed by atoms with Gasteiger partial charge in [-0.3, -0.25) is 0 Å². The van der Waals surface area contributed by atoms with E-state index in [9.17, 15) is 0 Å². The molecule has 2 aromatic heterocycles. The van der Waals surface area contributed by atoms with Gasteiger partial charge in [-0.1, -0.05) is 19.9 Å². The lowest BCUT2D eigenvalue weighted by atomic mass is 10.3. The van der Waals surface area contributed by atoms with Crippen LogP contribution in [0.1, 0.15) is 13.8 Å². The molecule has 5 nitrogen and oxygen atoms in total. The standard InChI is InChI=1S/C13H21N5.ClH/c1-3-17(4-2)10-8-15-13-12(14)11-7-5-6-9-18(11)16-13;/h5-7,9H,3-4,8,10,14H2,1-2H3,(H,15,16);1H. The maximum Gasteiger partial charge on any atom is 0.172 e. The molecule has 0 unspecified atom stereocenters. The number of anilines is 2. The zero-order chi connectivity index (χ0) is 13.0. The van der Waals surface area contributed by atoms with Crippen LogP contribution in [0.15, 0.2) is 24.4 Å². The van der Waals surface area contributed by atoms with Crippen LogP contribution in [0, 0.1) is 0 Å². The third-order valence-corrected chi connectivity index (χ3v) is 3.19. The molecule has 0 spiro atoms. The van der Waals surface area contributed by atoms with Crippen molar-refractivity contribution in [2.75, 3.05) is 37.2 Å². The van der Waals surface area contributed by atoms with Gasteiger partial charge in [0, 0.05) is 19.3 Å². The maximum absolute atomic E-state index is 6.06. The summed E-state index contributed by atoms with van der Waals surface area (Å²) in [6.07, 6.45) is 1.90. The predicted octanol–water partition coefficient (Wildman–Crippen LogP) is 2.09. The molecule has 106 valence electrons. The molecular weight excluding hydrogens is 262 g/mol. The lowest BCUT2D eigenvalue weighted by Gasteiger charge is -2.17. The molecule has 0 aromatic carbocycles. The second-order valence-electron chi connectivity index (χ2n) is 4.25. The van der Waals surface area contributed by atoms with Crippen molar-refractivity contribution >= 4 is 29.4 Å². The molecule has 0 bridgehead atoms. The van der Waals surface area contributed by atoms with Gasteiger partial charge >= 0.3 is 0 Å². The van der Waals surface area contributed by atoms with Gasteiger partial charge < -0.3 is 16.0 Å². The summed E-state index contributed by atoms with van der Waals surface area (Å²) in [5, 5.41) is 7.73. The minimum atomic E-state index is 0. The summed E-state index contributed by atoms with van der Waals surface area (Å²) in [6.45, 7) is 8.33. The highest BCUT2D eigenvalue weighted by Gasteiger charge is 2.08. The van der Waals surface area contributed by atoms with E-state index in [-0.39, 0.29) is 12.4 Å². The van der Waals surface area contributed by atoms with Crippen LogP contribution in [0.3, 0.4) is 0 Å². The van der Waals surface area contributed by atoms with Crippen LogP contribution in [0.4, 0.5) is 11.5 Å². The summed E-state index contributed by atoms with van der Waals surface area (Å²) in [5.74, 6) is 0.772. The van der Waals surface area contributed by atoms with Gasteiger partial charge in [0.15, 0.2) is 5.82 Å². The average Bonchev–Trinajstić information content (AvgIpc) is 2.72. The fraction of sp³-hybridized carbons (Fsp3) is 0.462. The van der Waals surface area contributed by atoms with Gasteiger partial charge in [0.2, 0.25) is 0 Å². The highest BCUT2D eigenvalue weighted by atomic mass is 35.5. The third-order valence-electron chi connectivity index (χ3n) is 3.19. The Morgan fingerprint density at radius 3 is 2.68 bits per heavy atom. The number of nitrogens with one attached hydrogen (secondary N) is 1. The number of aromatic nitrogens is 2. The van der Waals surface area contributed by atoms with Crippen molar-refractivity contribution in [3.8, 4) is 0 Å². The Labute approximate surface area is 120 Å². The first-order chi connectivity index (χ1) is 8.76. The van der Waals surface area contributed by atoms with E-state index in [2.05, 4.69) is 29.2 Å². The third kappa shape index (κ3) is 3.52. The second-order valence-corrected chi connectivity index (χ2v) is 4.25. The van der Waals surface area contributed by atoms with Gasteiger partial charge in [0.1, 0.15) is 5.69 Å². The van der Waals surface area contributed by atoms with Crippen molar-refractivity contribution in [1.82, 2.24) is 14.5 Å². The number of hydrogen-bond acceptors (Lipinski definition) is 4. The van der Waals surface area contributed by atoms with Crippen molar-refractivity contribution in [3.63, 3.8) is 0 Å². The second kappa shape index (κ2) is 7.21. The molecule has 0 atom stereocenters. The molecule has 6 heteroatoms. The predicted molar refractivity (Wildman–Crippen MR) is 83.1 cm³/mol. The Bertz CT molecular complexity index is 507. The highest BCUT2D eigenvalue weighted by molar-refractivity contribution is 5.85. The van der Waals surface area contributed by atoms with Crippen LogP contribution in [0.25, 0.3) is 5.52 Å². The number of halogens is 1. The SMILES string of the molecule is CCN(CC)CCNc1nn2ccccc2c1N.Cl. The molecule has 0 saturated heterocycles. The van der Waals surface area contributed by atoms with E-state index in [1.807, 2.05) is 24.4 Å². The van der Waals surface area contributed by atoms with Crippen LogP contribution in [-0.4, -0.2) is 40.7 Å². The Kier molecular flexibility index (Phi) is 5.92. The number of hydrogen-bond donors (Lipinski definition) is 2. The van der Waals surface area contributed by atoms with Gasteiger partial charge in [-0.25, -0.2) is 4.52 Å². The Balaban J connectivity index is 0.00000180. The normalized spacial score (nSPS) is 10.7. The summed E-state index contributed by atoms with van der Waals surface area (Å²) < 4.78 is 1.80. The van der Waals surface area contributed by atoms with Crippen LogP contribution in [0.2, 0.25) is 0 Å². The zero-order valence-electron chi connectivity index (χ0n) is 11.5. The first kappa shape index (κ1) is 15.6. The van der Waals surface area contributed by atoms with Gasteiger partial charge in [-0.05, 0) is 25.2 Å². The molecule has 0 fully saturated rings. The lowest BCUT2D eigenvalue weighted by Crippen LogP contribution is -2.28. The summed E-state index contributed by atoms with van der Waals surface area (Å²) in [5.41, 5.74) is 7.73. The van der Waals surface area contributed by atoms with E-state index < -0.39 is 0 Å². The van der Waals surface area contributed by atoms with E-state index in [0.29, 0.717) is 0 Å². The molecular formula is C13H22ClN5. The van der Waals surface area contributed by atoms with Gasteiger partial charge in [-0.15, -0.1) is 17.5 Å². The van der Waals surface area contributed by atoms with E-state index in [0.717, 1.165) is 43.2 Å². The van der Waals surface area contributed by atoms with Crippen molar-refractivity contribution in [2.45, 2.75) is 13.8 Å². The molecule has 0 aliphatic rings. The number of likely N-dealkylation sites (N-methyl/N-ethyl adjacent to an activating group) is 1. The van der Waals surface area contributed by atoms with Crippen molar-refractivity contribution in [3.05, 3.63) is 24.4 Å². The highest BCUT2D eigenvalue weighted by Crippen LogP contribution is 2.22. The molecule has 2 rings (SSSR count). The van der Waals surface area contributed by atoms with Crippen molar-refractivity contribution in [1.29, 1.82) is 0 Å². The van der Waals surface area contributed by atoms with Gasteiger partial charge in [0.05, 0.1) is 5.52 Å². The molecule has 0 aliphatic heterocycles. The molecule has 0 saturated carbocycles. The lowest BCUT2D eigenvalue weighted by molar-refractivity contribution is 0.316. The summed E-state index contributed by atoms with van der Waals surface area (Å²) >= 11 is 0. The molecule has 2 aromatic rings. The van der Waals surface area contributed by atoms with Crippen LogP contribution < -0.4 is 11.1 Å². The Morgan fingerprint density at radius 1 is 1.32 bits per heavy atom. The largest absolute Gasteiger partial charge is 0.394 e. The van der Waals surface area contributed by atoms with Crippen molar-refractivity contribution < 1.29 is 0 Å². The molecule has 2 heterocycles. The Hall–Kier alpha value is -1.46. The fourth-order valence-electron chi connectivity index (χ4n) is 2.02. The first-order valence-electron chi connectivity index (χ1n) is 6.45. The minimum absolute atomic E-state index is 0. The summed E-state index contributed by atoms with van der Waals surface area (Å²) in [4.78, 5) is 2.36. The van der Waals surface area contributed by atoms with Crippen LogP contribution in [-0.2, 0) is 0 Å². The van der Waals surface area contributed by atoms with E-state index in [1.54, 1.807) is 4.52 Å². The molecule has 0 radical (unpaired) electrons. The maximum atomic E-state index is 6.06. The average molecular weight is 284 g/mol. The van der Waals surface area contributed by atoms with E-state index in [1.165, 1.54) is 0 Å². The minimum Gasteiger partial charge on any atom is -0.394 e. The number of nitrogens with two attached hydrogens (primary N) is 1.